The van der Waals surface area contributed by atoms with Crippen molar-refractivity contribution in [2.75, 3.05) is 13.2 Å². The molecule has 0 saturated carbocycles. The molecule has 0 spiro atoms. The van der Waals surface area contributed by atoms with Gasteiger partial charge >= 0.3 is 0 Å². The molecule has 0 radical (unpaired) electrons. The second-order valence-corrected chi connectivity index (χ2v) is 4.29. The fourth-order valence-corrected chi connectivity index (χ4v) is 1.82. The van der Waals surface area contributed by atoms with Crippen LogP contribution >= 0.6 is 11.6 Å². The predicted molar refractivity (Wildman–Crippen MR) is 62.5 cm³/mol. The smallest absolute Gasteiger partial charge is 0.157 e. The van der Waals surface area contributed by atoms with Crippen molar-refractivity contribution < 1.29 is 9.47 Å². The highest BCUT2D eigenvalue weighted by molar-refractivity contribution is 6.29. The van der Waals surface area contributed by atoms with E-state index in [9.17, 15) is 0 Å². The first-order chi connectivity index (χ1) is 7.84. The molecule has 0 N–H and O–H groups in total. The fourth-order valence-electron chi connectivity index (χ4n) is 1.71. The Balaban J connectivity index is 1.69. The van der Waals surface area contributed by atoms with Crippen molar-refractivity contribution in [3.05, 3.63) is 29.0 Å². The molecule has 1 aliphatic heterocycles. The maximum Gasteiger partial charge on any atom is 0.157 e. The van der Waals surface area contributed by atoms with Crippen LogP contribution in [-0.2, 0) is 15.9 Å². The van der Waals surface area contributed by atoms with E-state index in [0.29, 0.717) is 11.8 Å². The number of halogens is 1. The molecule has 0 aromatic carbocycles. The molecule has 1 aromatic rings. The van der Waals surface area contributed by atoms with E-state index in [2.05, 4.69) is 4.98 Å². The Labute approximate surface area is 101 Å². The summed E-state index contributed by atoms with van der Waals surface area (Å²) >= 11 is 5.71. The number of hydrogen-bond donors (Lipinski definition) is 0. The Hall–Kier alpha value is -0.640. The molecular weight excluding hydrogens is 226 g/mol. The number of hydrogen-bond acceptors (Lipinski definition) is 3. The molecule has 1 atom stereocenters. The molecule has 1 aliphatic rings. The maximum absolute atomic E-state index is 5.71. The minimum Gasteiger partial charge on any atom is -0.353 e. The fraction of sp³-hybridized carbons (Fsp3) is 0.583. The van der Waals surface area contributed by atoms with Crippen molar-refractivity contribution in [2.45, 2.75) is 32.0 Å². The number of pyridine rings is 1. The SMILES string of the molecule is Clc1ccc(CCOC2CCCCO2)cn1. The standard InChI is InChI=1S/C12H16ClNO2/c13-11-5-4-10(9-14-11)6-8-16-12-3-1-2-7-15-12/h4-5,9,12H,1-3,6-8H2. The van der Waals surface area contributed by atoms with Crippen molar-refractivity contribution in [1.29, 1.82) is 0 Å². The van der Waals surface area contributed by atoms with Crippen LogP contribution < -0.4 is 0 Å². The van der Waals surface area contributed by atoms with Gasteiger partial charge in [0.05, 0.1) is 6.61 Å². The first-order valence-corrected chi connectivity index (χ1v) is 6.06. The zero-order valence-electron chi connectivity index (χ0n) is 9.19. The Kier molecular flexibility index (Phi) is 4.57. The lowest BCUT2D eigenvalue weighted by atomic mass is 10.2. The van der Waals surface area contributed by atoms with Crippen LogP contribution in [0.1, 0.15) is 24.8 Å². The summed E-state index contributed by atoms with van der Waals surface area (Å²) in [5, 5.41) is 0.528. The van der Waals surface area contributed by atoms with E-state index in [4.69, 9.17) is 21.1 Å². The van der Waals surface area contributed by atoms with Crippen molar-refractivity contribution in [1.82, 2.24) is 4.98 Å². The second kappa shape index (κ2) is 6.18. The summed E-state index contributed by atoms with van der Waals surface area (Å²) in [4.78, 5) is 4.02. The largest absolute Gasteiger partial charge is 0.353 e. The van der Waals surface area contributed by atoms with Gasteiger partial charge in [-0.2, -0.15) is 0 Å². The summed E-state index contributed by atoms with van der Waals surface area (Å²) in [6.45, 7) is 1.50. The van der Waals surface area contributed by atoms with Crippen LogP contribution in [0.25, 0.3) is 0 Å². The Morgan fingerprint density at radius 1 is 1.44 bits per heavy atom. The second-order valence-electron chi connectivity index (χ2n) is 3.91. The summed E-state index contributed by atoms with van der Waals surface area (Å²) in [5.41, 5.74) is 1.14. The van der Waals surface area contributed by atoms with Crippen LogP contribution in [0.2, 0.25) is 5.15 Å². The van der Waals surface area contributed by atoms with Gasteiger partial charge in [-0.3, -0.25) is 0 Å². The predicted octanol–water partition coefficient (Wildman–Crippen LogP) is 2.82. The summed E-state index contributed by atoms with van der Waals surface area (Å²) in [5.74, 6) is 0. The van der Waals surface area contributed by atoms with E-state index < -0.39 is 0 Å². The zero-order chi connectivity index (χ0) is 11.2. The monoisotopic (exact) mass is 241 g/mol. The number of rotatable bonds is 4. The van der Waals surface area contributed by atoms with E-state index in [0.717, 1.165) is 31.4 Å². The molecule has 1 saturated heterocycles. The normalized spacial score (nSPS) is 20.9. The van der Waals surface area contributed by atoms with Crippen LogP contribution in [0, 0.1) is 0 Å². The van der Waals surface area contributed by atoms with E-state index in [1.165, 1.54) is 6.42 Å². The molecule has 3 nitrogen and oxygen atoms in total. The molecule has 4 heteroatoms. The molecule has 1 unspecified atom stereocenters. The molecule has 1 aromatic heterocycles. The van der Waals surface area contributed by atoms with Gasteiger partial charge in [0.2, 0.25) is 0 Å². The Bertz CT molecular complexity index is 309. The van der Waals surface area contributed by atoms with Crippen molar-refractivity contribution in [3.8, 4) is 0 Å². The van der Waals surface area contributed by atoms with Crippen LogP contribution in [0.3, 0.4) is 0 Å². The topological polar surface area (TPSA) is 31.4 Å². The molecule has 16 heavy (non-hydrogen) atoms. The Morgan fingerprint density at radius 3 is 3.06 bits per heavy atom. The summed E-state index contributed by atoms with van der Waals surface area (Å²) in [7, 11) is 0. The van der Waals surface area contributed by atoms with Gasteiger partial charge in [-0.1, -0.05) is 17.7 Å². The summed E-state index contributed by atoms with van der Waals surface area (Å²) < 4.78 is 11.1. The number of ether oxygens (including phenoxy) is 2. The van der Waals surface area contributed by atoms with Crippen LogP contribution in [0.15, 0.2) is 18.3 Å². The molecule has 0 aliphatic carbocycles. The summed E-state index contributed by atoms with van der Waals surface area (Å²) in [6, 6.07) is 3.77. The highest BCUT2D eigenvalue weighted by atomic mass is 35.5. The van der Waals surface area contributed by atoms with Crippen molar-refractivity contribution >= 4 is 11.6 Å². The van der Waals surface area contributed by atoms with Gasteiger partial charge in [0.15, 0.2) is 6.29 Å². The van der Waals surface area contributed by atoms with E-state index in [1.54, 1.807) is 12.3 Å². The molecule has 1 fully saturated rings. The van der Waals surface area contributed by atoms with Gasteiger partial charge in [0.1, 0.15) is 5.15 Å². The van der Waals surface area contributed by atoms with Crippen molar-refractivity contribution in [2.24, 2.45) is 0 Å². The lowest BCUT2D eigenvalue weighted by molar-refractivity contribution is -0.161. The van der Waals surface area contributed by atoms with Crippen molar-refractivity contribution in [3.63, 3.8) is 0 Å². The highest BCUT2D eigenvalue weighted by Crippen LogP contribution is 2.14. The lowest BCUT2D eigenvalue weighted by Crippen LogP contribution is -2.23. The zero-order valence-corrected chi connectivity index (χ0v) is 9.95. The van der Waals surface area contributed by atoms with Gasteiger partial charge in [0.25, 0.3) is 0 Å². The van der Waals surface area contributed by atoms with Gasteiger partial charge in [-0.15, -0.1) is 0 Å². The molecular formula is C12H16ClNO2. The third-order valence-electron chi connectivity index (χ3n) is 2.62. The molecule has 88 valence electrons. The number of aromatic nitrogens is 1. The van der Waals surface area contributed by atoms with Gasteiger partial charge in [-0.25, -0.2) is 4.98 Å². The minimum atomic E-state index is -0.00555. The van der Waals surface area contributed by atoms with Gasteiger partial charge in [-0.05, 0) is 37.3 Å². The van der Waals surface area contributed by atoms with E-state index >= 15 is 0 Å². The van der Waals surface area contributed by atoms with Gasteiger partial charge < -0.3 is 9.47 Å². The average molecular weight is 242 g/mol. The number of nitrogens with zero attached hydrogens (tertiary/aromatic N) is 1. The molecule has 0 amide bonds. The van der Waals surface area contributed by atoms with Gasteiger partial charge in [0, 0.05) is 12.8 Å². The maximum atomic E-state index is 5.71. The van der Waals surface area contributed by atoms with Crippen LogP contribution in [0.4, 0.5) is 0 Å². The molecule has 2 rings (SSSR count). The molecule has 2 heterocycles. The molecule has 0 bridgehead atoms. The third kappa shape index (κ3) is 3.74. The highest BCUT2D eigenvalue weighted by Gasteiger charge is 2.13. The first kappa shape index (κ1) is 11.8. The van der Waals surface area contributed by atoms with E-state index in [-0.39, 0.29) is 6.29 Å². The van der Waals surface area contributed by atoms with Crippen LogP contribution in [-0.4, -0.2) is 24.5 Å². The quantitative estimate of drug-likeness (QED) is 0.760. The average Bonchev–Trinajstić information content (AvgIpc) is 2.33. The minimum absolute atomic E-state index is 0.00555. The lowest BCUT2D eigenvalue weighted by Gasteiger charge is -2.22. The van der Waals surface area contributed by atoms with Crippen LogP contribution in [0.5, 0.6) is 0 Å². The first-order valence-electron chi connectivity index (χ1n) is 5.68. The summed E-state index contributed by atoms with van der Waals surface area (Å²) in [6.07, 6.45) is 6.00. The van der Waals surface area contributed by atoms with E-state index in [1.807, 2.05) is 6.07 Å². The third-order valence-corrected chi connectivity index (χ3v) is 2.84. The Morgan fingerprint density at radius 2 is 2.38 bits per heavy atom.